The van der Waals surface area contributed by atoms with Gasteiger partial charge in [-0.3, -0.25) is 18.6 Å². The highest BCUT2D eigenvalue weighted by Crippen LogP contribution is 2.30. The first kappa shape index (κ1) is 23.7. The minimum Gasteiger partial charge on any atom is -0.478 e. The van der Waals surface area contributed by atoms with Crippen LogP contribution in [-0.2, 0) is 27.2 Å². The van der Waals surface area contributed by atoms with Gasteiger partial charge in [0.25, 0.3) is 5.56 Å². The number of benzene rings is 1. The van der Waals surface area contributed by atoms with E-state index in [0.29, 0.717) is 23.0 Å². The van der Waals surface area contributed by atoms with E-state index in [1.807, 2.05) is 32.2 Å². The third-order valence-corrected chi connectivity index (χ3v) is 6.55. The molecule has 5 rings (SSSR count). The molecule has 0 atom stereocenters. The van der Waals surface area contributed by atoms with Crippen molar-refractivity contribution in [3.8, 4) is 11.4 Å². The zero-order valence-electron chi connectivity index (χ0n) is 20.2. The van der Waals surface area contributed by atoms with Crippen LogP contribution in [0, 0.1) is 5.92 Å². The van der Waals surface area contributed by atoms with Crippen LogP contribution in [0.3, 0.4) is 0 Å². The van der Waals surface area contributed by atoms with E-state index in [4.69, 9.17) is 16.7 Å². The highest BCUT2D eigenvalue weighted by atomic mass is 35.5. The van der Waals surface area contributed by atoms with Crippen molar-refractivity contribution in [3.63, 3.8) is 0 Å². The Kier molecular flexibility index (Phi) is 5.63. The molecule has 11 heteroatoms. The number of nitrogens with one attached hydrogen (secondary N) is 1. The molecule has 4 aromatic heterocycles. The molecular formula is C25H25ClN6O4. The number of hydrogen-bond donors (Lipinski definition) is 2. The summed E-state index contributed by atoms with van der Waals surface area (Å²) in [5.74, 6) is -0.954. The van der Waals surface area contributed by atoms with Gasteiger partial charge in [0, 0.05) is 49.0 Å². The normalized spacial score (nSPS) is 11.8. The average molecular weight is 509 g/mol. The van der Waals surface area contributed by atoms with E-state index < -0.39 is 17.2 Å². The quantitative estimate of drug-likeness (QED) is 0.364. The van der Waals surface area contributed by atoms with Gasteiger partial charge in [0.05, 0.1) is 17.8 Å². The number of carbonyl (C=O) groups is 1. The summed E-state index contributed by atoms with van der Waals surface area (Å²) in [6, 6.07) is 7.04. The Balaban J connectivity index is 1.85. The van der Waals surface area contributed by atoms with Gasteiger partial charge in [-0.15, -0.1) is 0 Å². The first-order valence-electron chi connectivity index (χ1n) is 11.4. The van der Waals surface area contributed by atoms with Crippen LogP contribution in [0.5, 0.6) is 0 Å². The van der Waals surface area contributed by atoms with Gasteiger partial charge in [-0.05, 0) is 35.7 Å². The maximum absolute atomic E-state index is 13.5. The molecule has 1 aromatic carbocycles. The number of carboxylic acid groups (broad SMARTS) is 1. The molecule has 0 unspecified atom stereocenters. The van der Waals surface area contributed by atoms with Gasteiger partial charge in [0.2, 0.25) is 0 Å². The SMILES string of the molecule is CC(C)Cn1c(=O)n(C)c(=O)c2c(-c3cc(C(=O)O)cn3C)n(Cc3c[nH]c4ccc(Cl)cc34)nc21. The van der Waals surface area contributed by atoms with Crippen molar-refractivity contribution >= 4 is 39.5 Å². The van der Waals surface area contributed by atoms with Gasteiger partial charge < -0.3 is 14.7 Å². The summed E-state index contributed by atoms with van der Waals surface area (Å²) in [7, 11) is 3.16. The summed E-state index contributed by atoms with van der Waals surface area (Å²) in [5, 5.41) is 16.1. The Labute approximate surface area is 210 Å². The lowest BCUT2D eigenvalue weighted by molar-refractivity contribution is 0.0697. The summed E-state index contributed by atoms with van der Waals surface area (Å²) in [6.45, 7) is 4.59. The molecule has 36 heavy (non-hydrogen) atoms. The Morgan fingerprint density at radius 3 is 2.61 bits per heavy atom. The van der Waals surface area contributed by atoms with E-state index in [1.54, 1.807) is 22.4 Å². The molecule has 0 saturated heterocycles. The zero-order chi connectivity index (χ0) is 25.9. The molecule has 0 bridgehead atoms. The molecule has 5 aromatic rings. The molecule has 0 aliphatic rings. The summed E-state index contributed by atoms with van der Waals surface area (Å²) < 4.78 is 5.90. The minimum absolute atomic E-state index is 0.0830. The van der Waals surface area contributed by atoms with Crippen LogP contribution < -0.4 is 11.2 Å². The van der Waals surface area contributed by atoms with Crippen molar-refractivity contribution in [2.75, 3.05) is 0 Å². The molecule has 0 amide bonds. The van der Waals surface area contributed by atoms with Gasteiger partial charge in [-0.2, -0.15) is 5.10 Å². The Hall–Kier alpha value is -4.05. The van der Waals surface area contributed by atoms with Crippen molar-refractivity contribution in [2.45, 2.75) is 26.9 Å². The largest absolute Gasteiger partial charge is 0.478 e. The number of aromatic carboxylic acids is 1. The van der Waals surface area contributed by atoms with Crippen LogP contribution >= 0.6 is 11.6 Å². The number of hydrogen-bond acceptors (Lipinski definition) is 4. The monoisotopic (exact) mass is 508 g/mol. The van der Waals surface area contributed by atoms with Gasteiger partial charge in [0.15, 0.2) is 5.65 Å². The fourth-order valence-corrected chi connectivity index (χ4v) is 4.80. The summed E-state index contributed by atoms with van der Waals surface area (Å²) in [4.78, 5) is 41.4. The van der Waals surface area contributed by atoms with E-state index in [-0.39, 0.29) is 29.1 Å². The number of fused-ring (bicyclic) bond motifs is 2. The molecular weight excluding hydrogens is 484 g/mol. The van der Waals surface area contributed by atoms with Gasteiger partial charge >= 0.3 is 11.7 Å². The molecule has 0 radical (unpaired) electrons. The van der Waals surface area contributed by atoms with E-state index in [1.165, 1.54) is 23.9 Å². The number of aromatic amines is 1. The molecule has 0 saturated carbocycles. The average Bonchev–Trinajstić information content (AvgIpc) is 3.50. The predicted molar refractivity (Wildman–Crippen MR) is 138 cm³/mol. The fourth-order valence-electron chi connectivity index (χ4n) is 4.63. The van der Waals surface area contributed by atoms with E-state index in [9.17, 15) is 19.5 Å². The number of carboxylic acids is 1. The Bertz CT molecular complexity index is 1780. The maximum Gasteiger partial charge on any atom is 0.337 e. The number of H-pyrrole nitrogens is 1. The second-order valence-corrected chi connectivity index (χ2v) is 9.83. The number of halogens is 1. The number of aromatic nitrogens is 6. The highest BCUT2D eigenvalue weighted by molar-refractivity contribution is 6.31. The Morgan fingerprint density at radius 1 is 1.19 bits per heavy atom. The van der Waals surface area contributed by atoms with Crippen LogP contribution in [0.4, 0.5) is 0 Å². The van der Waals surface area contributed by atoms with Crippen molar-refractivity contribution in [2.24, 2.45) is 20.0 Å². The minimum atomic E-state index is -1.08. The van der Waals surface area contributed by atoms with Crippen molar-refractivity contribution in [3.05, 3.63) is 73.6 Å². The Morgan fingerprint density at radius 2 is 1.94 bits per heavy atom. The molecule has 10 nitrogen and oxygen atoms in total. The maximum atomic E-state index is 13.5. The second kappa shape index (κ2) is 8.56. The third-order valence-electron chi connectivity index (χ3n) is 6.32. The fraction of sp³-hybridized carbons (Fsp3) is 0.280. The summed E-state index contributed by atoms with van der Waals surface area (Å²) >= 11 is 6.24. The molecule has 0 spiro atoms. The van der Waals surface area contributed by atoms with Gasteiger partial charge in [-0.25, -0.2) is 9.59 Å². The van der Waals surface area contributed by atoms with Crippen LogP contribution in [0.15, 0.2) is 46.2 Å². The molecule has 4 heterocycles. The van der Waals surface area contributed by atoms with Crippen molar-refractivity contribution in [1.82, 2.24) is 28.5 Å². The molecule has 0 aliphatic heterocycles. The van der Waals surface area contributed by atoms with E-state index in [0.717, 1.165) is 21.0 Å². The lowest BCUT2D eigenvalue weighted by Crippen LogP contribution is -2.38. The summed E-state index contributed by atoms with van der Waals surface area (Å²) in [5.41, 5.74) is 2.12. The van der Waals surface area contributed by atoms with E-state index >= 15 is 0 Å². The van der Waals surface area contributed by atoms with E-state index in [2.05, 4.69) is 4.98 Å². The molecule has 186 valence electrons. The number of rotatable bonds is 6. The highest BCUT2D eigenvalue weighted by Gasteiger charge is 2.25. The second-order valence-electron chi connectivity index (χ2n) is 9.39. The van der Waals surface area contributed by atoms with Crippen LogP contribution in [0.25, 0.3) is 33.3 Å². The molecule has 2 N–H and O–H groups in total. The van der Waals surface area contributed by atoms with Gasteiger partial charge in [-0.1, -0.05) is 25.4 Å². The topological polar surface area (TPSA) is 120 Å². The molecule has 0 aliphatic carbocycles. The smallest absolute Gasteiger partial charge is 0.337 e. The third kappa shape index (κ3) is 3.74. The summed E-state index contributed by atoms with van der Waals surface area (Å²) in [6.07, 6.45) is 3.34. The first-order chi connectivity index (χ1) is 17.1. The van der Waals surface area contributed by atoms with Crippen molar-refractivity contribution < 1.29 is 9.90 Å². The van der Waals surface area contributed by atoms with Crippen LogP contribution in [-0.4, -0.2) is 39.5 Å². The molecule has 0 fully saturated rings. The first-order valence-corrected chi connectivity index (χ1v) is 11.8. The van der Waals surface area contributed by atoms with Crippen molar-refractivity contribution in [1.29, 1.82) is 0 Å². The van der Waals surface area contributed by atoms with Crippen LogP contribution in [0.1, 0.15) is 29.8 Å². The lowest BCUT2D eigenvalue weighted by atomic mass is 10.1. The van der Waals surface area contributed by atoms with Gasteiger partial charge in [0.1, 0.15) is 11.1 Å². The standard InChI is InChI=1S/C25H25ClN6O4/c1-13(2)10-31-22-20(23(33)30(4)25(31)36)21(19-7-14(24(34)35)11-29(19)3)32(28-22)12-15-9-27-18-6-5-16(26)8-17(15)18/h5-9,11,13,27H,10,12H2,1-4H3,(H,34,35). The number of nitrogens with zero attached hydrogens (tertiary/aromatic N) is 5. The van der Waals surface area contributed by atoms with Crippen LogP contribution in [0.2, 0.25) is 5.02 Å². The predicted octanol–water partition coefficient (Wildman–Crippen LogP) is 3.44. The lowest BCUT2D eigenvalue weighted by Gasteiger charge is -2.11. The number of aryl methyl sites for hydroxylation is 1. The zero-order valence-corrected chi connectivity index (χ0v) is 21.0.